The Hall–Kier alpha value is -3.61. The first kappa shape index (κ1) is 27.4. The summed E-state index contributed by atoms with van der Waals surface area (Å²) < 4.78 is 0. The number of hydrogen-bond donors (Lipinski definition) is 6. The number of allylic oxidation sites excluding steroid dienone is 1. The molecular weight excluding hydrogens is 496 g/mol. The van der Waals surface area contributed by atoms with Crippen molar-refractivity contribution < 1.29 is 34.8 Å². The van der Waals surface area contributed by atoms with Crippen molar-refractivity contribution in [2.45, 2.75) is 50.8 Å². The number of phenols is 1. The van der Waals surface area contributed by atoms with Crippen molar-refractivity contribution in [3.05, 3.63) is 44.5 Å². The highest BCUT2D eigenvalue weighted by Crippen LogP contribution is 2.53. The Balaban J connectivity index is 1.85. The first-order valence-corrected chi connectivity index (χ1v) is 12.4. The number of carbonyl (C=O) groups excluding carboxylic acids is 3. The van der Waals surface area contributed by atoms with E-state index in [-0.39, 0.29) is 55.3 Å². The monoisotopic (exact) mass is 528 g/mol. The summed E-state index contributed by atoms with van der Waals surface area (Å²) >= 11 is 0. The summed E-state index contributed by atoms with van der Waals surface area (Å²) in [6, 6.07) is 1.73. The van der Waals surface area contributed by atoms with Crippen LogP contribution < -0.4 is 16.0 Å². The van der Waals surface area contributed by atoms with E-state index in [0.717, 1.165) is 0 Å². The summed E-state index contributed by atoms with van der Waals surface area (Å²) in [6.45, 7) is 2.07. The van der Waals surface area contributed by atoms with Gasteiger partial charge in [0.2, 0.25) is 11.6 Å². The molecule has 0 saturated heterocycles. The van der Waals surface area contributed by atoms with Gasteiger partial charge in [-0.2, -0.15) is 0 Å². The largest absolute Gasteiger partial charge is 0.507 e. The van der Waals surface area contributed by atoms with Crippen LogP contribution in [-0.4, -0.2) is 70.2 Å². The van der Waals surface area contributed by atoms with Crippen molar-refractivity contribution in [3.63, 3.8) is 0 Å². The van der Waals surface area contributed by atoms with Crippen LogP contribution in [0.5, 0.6) is 5.75 Å². The topological polar surface area (TPSA) is 203 Å². The molecule has 38 heavy (non-hydrogen) atoms. The van der Waals surface area contributed by atoms with E-state index in [1.165, 1.54) is 0 Å². The minimum absolute atomic E-state index is 0.0106. The van der Waals surface area contributed by atoms with E-state index in [9.17, 15) is 34.6 Å². The highest BCUT2D eigenvalue weighted by Gasteiger charge is 2.61. The molecule has 4 rings (SSSR count). The second-order valence-electron chi connectivity index (χ2n) is 10.4. The molecule has 3 aliphatic rings. The fourth-order valence-corrected chi connectivity index (χ4v) is 5.92. The molecule has 0 bridgehead atoms. The number of aliphatic hydroxyl groups is 3. The van der Waals surface area contributed by atoms with E-state index in [1.54, 1.807) is 20.2 Å². The van der Waals surface area contributed by atoms with E-state index in [0.29, 0.717) is 23.2 Å². The van der Waals surface area contributed by atoms with Gasteiger partial charge in [0, 0.05) is 62.5 Å². The molecule has 3 aliphatic carbocycles. The standard InChI is InChI=1S/C26H32N4O8/c1-11(4-5-31)28-10-13-8-17(30(2)3)15-7-12-6-14-9-16(29-38)20(25(27)36)24(35)26(14,37)23(34)18(12)22(33)19(15)21(13)32/h8,11-12,14,28,31-33,37H,4-7,9-10H2,1-3H3,(H2,27,36)/t11?,12-,14?,26+/m1/s1. The lowest BCUT2D eigenvalue weighted by Gasteiger charge is -2.45. The van der Waals surface area contributed by atoms with Gasteiger partial charge in [-0.15, -0.1) is 4.91 Å². The van der Waals surface area contributed by atoms with Gasteiger partial charge in [-0.25, -0.2) is 0 Å². The van der Waals surface area contributed by atoms with E-state index < -0.39 is 51.9 Å². The van der Waals surface area contributed by atoms with Crippen molar-refractivity contribution in [1.29, 1.82) is 0 Å². The molecule has 1 amide bonds. The lowest BCUT2D eigenvalue weighted by molar-refractivity contribution is -0.157. The number of amides is 1. The molecule has 0 heterocycles. The number of nitrogens with one attached hydrogen (secondary N) is 1. The van der Waals surface area contributed by atoms with Gasteiger partial charge >= 0.3 is 0 Å². The normalized spacial score (nSPS) is 25.5. The van der Waals surface area contributed by atoms with Gasteiger partial charge in [-0.05, 0) is 48.9 Å². The molecule has 0 aromatic heterocycles. The highest BCUT2D eigenvalue weighted by molar-refractivity contribution is 6.32. The summed E-state index contributed by atoms with van der Waals surface area (Å²) in [7, 11) is 3.61. The Morgan fingerprint density at radius 3 is 2.53 bits per heavy atom. The summed E-state index contributed by atoms with van der Waals surface area (Å²) in [6.07, 6.45) is 0.463. The first-order valence-electron chi connectivity index (χ1n) is 12.4. The van der Waals surface area contributed by atoms with Crippen LogP contribution in [0.15, 0.2) is 28.1 Å². The van der Waals surface area contributed by atoms with Crippen LogP contribution in [0.4, 0.5) is 5.69 Å². The number of phenolic OH excluding ortho intramolecular Hbond substituents is 1. The second-order valence-corrected chi connectivity index (χ2v) is 10.4. The number of hydrogen-bond acceptors (Lipinski definition) is 11. The number of carbonyl (C=O) groups is 3. The number of benzene rings is 1. The molecule has 1 saturated carbocycles. The number of aliphatic hydroxyl groups excluding tert-OH is 2. The minimum Gasteiger partial charge on any atom is -0.507 e. The highest BCUT2D eigenvalue weighted by atomic mass is 16.3. The molecule has 204 valence electrons. The molecule has 0 spiro atoms. The zero-order valence-corrected chi connectivity index (χ0v) is 21.4. The Bertz CT molecular complexity index is 1300. The average molecular weight is 529 g/mol. The third-order valence-corrected chi connectivity index (χ3v) is 7.91. The predicted octanol–water partition coefficient (Wildman–Crippen LogP) is 0.559. The maximum Gasteiger partial charge on any atom is 0.254 e. The number of nitrogens with two attached hydrogens (primary N) is 1. The molecule has 1 fully saturated rings. The van der Waals surface area contributed by atoms with Gasteiger partial charge in [-0.3, -0.25) is 14.4 Å². The van der Waals surface area contributed by atoms with Gasteiger partial charge < -0.3 is 36.4 Å². The molecule has 1 aromatic carbocycles. The van der Waals surface area contributed by atoms with E-state index in [2.05, 4.69) is 10.5 Å². The van der Waals surface area contributed by atoms with Crippen LogP contribution in [0.2, 0.25) is 0 Å². The number of rotatable bonds is 8. The van der Waals surface area contributed by atoms with Crippen LogP contribution in [-0.2, 0) is 27.3 Å². The number of ketones is 2. The molecule has 4 atom stereocenters. The van der Waals surface area contributed by atoms with Gasteiger partial charge in [0.15, 0.2) is 5.60 Å². The van der Waals surface area contributed by atoms with Crippen molar-refractivity contribution in [1.82, 2.24) is 5.32 Å². The summed E-state index contributed by atoms with van der Waals surface area (Å²) in [5.74, 6) is -6.13. The summed E-state index contributed by atoms with van der Waals surface area (Å²) in [5, 5.41) is 49.1. The van der Waals surface area contributed by atoms with E-state index >= 15 is 0 Å². The average Bonchev–Trinajstić information content (AvgIpc) is 2.84. The van der Waals surface area contributed by atoms with Gasteiger partial charge in [-0.1, -0.05) is 0 Å². The summed E-state index contributed by atoms with van der Waals surface area (Å²) in [4.78, 5) is 52.0. The number of anilines is 1. The lowest BCUT2D eigenvalue weighted by Crippen LogP contribution is -2.61. The number of nitroso groups, excluding NO2 is 1. The number of primary amides is 1. The van der Waals surface area contributed by atoms with Gasteiger partial charge in [0.1, 0.15) is 22.8 Å². The Morgan fingerprint density at radius 1 is 1.26 bits per heavy atom. The maximum atomic E-state index is 13.7. The van der Waals surface area contributed by atoms with Crippen LogP contribution in [0.25, 0.3) is 5.76 Å². The quantitative estimate of drug-likeness (QED) is 0.157. The zero-order chi connectivity index (χ0) is 28.1. The predicted molar refractivity (Wildman–Crippen MR) is 137 cm³/mol. The molecule has 12 nitrogen and oxygen atoms in total. The van der Waals surface area contributed by atoms with Crippen molar-refractivity contribution >= 4 is 28.9 Å². The third-order valence-electron chi connectivity index (χ3n) is 7.91. The SMILES string of the molecule is CC(CCO)NCc1cc(N(C)C)c2c(c1O)C(O)=C1C(=O)[C@]3(O)C(=O)C(C(N)=O)=C(N=O)CC3C[C@@H]1C2. The van der Waals surface area contributed by atoms with Crippen LogP contribution in [0, 0.1) is 16.7 Å². The van der Waals surface area contributed by atoms with Gasteiger partial charge in [0.25, 0.3) is 5.91 Å². The van der Waals surface area contributed by atoms with Crippen molar-refractivity contribution in [2.75, 3.05) is 25.6 Å². The second kappa shape index (κ2) is 9.93. The maximum absolute atomic E-state index is 13.7. The molecule has 0 radical (unpaired) electrons. The Labute approximate surface area is 218 Å². The molecule has 2 unspecified atom stereocenters. The molecular formula is C26H32N4O8. The van der Waals surface area contributed by atoms with Crippen molar-refractivity contribution in [3.8, 4) is 5.75 Å². The number of nitrogens with zero attached hydrogens (tertiary/aromatic N) is 2. The Kier molecular flexibility index (Phi) is 7.17. The van der Waals surface area contributed by atoms with Gasteiger partial charge in [0.05, 0.1) is 5.56 Å². The van der Waals surface area contributed by atoms with Crippen LogP contribution >= 0.6 is 0 Å². The summed E-state index contributed by atoms with van der Waals surface area (Å²) in [5.41, 5.74) is 2.90. The molecule has 1 aromatic rings. The first-order chi connectivity index (χ1) is 17.9. The molecule has 7 N–H and O–H groups in total. The zero-order valence-electron chi connectivity index (χ0n) is 21.4. The van der Waals surface area contributed by atoms with E-state index in [4.69, 9.17) is 10.8 Å². The molecule has 0 aliphatic heterocycles. The van der Waals surface area contributed by atoms with Crippen LogP contribution in [0.3, 0.4) is 0 Å². The fourth-order valence-electron chi connectivity index (χ4n) is 5.92. The van der Waals surface area contributed by atoms with E-state index in [1.807, 2.05) is 11.8 Å². The fraction of sp³-hybridized carbons (Fsp3) is 0.500. The van der Waals surface area contributed by atoms with Crippen LogP contribution in [0.1, 0.15) is 42.9 Å². The molecule has 12 heteroatoms. The number of Topliss-reactive ketones (excluding diaryl/α,β-unsaturated/α-hetero) is 2. The number of aromatic hydroxyl groups is 1. The third kappa shape index (κ3) is 4.08. The lowest BCUT2D eigenvalue weighted by atomic mass is 9.58. The smallest absolute Gasteiger partial charge is 0.254 e. The Morgan fingerprint density at radius 2 is 1.95 bits per heavy atom. The number of fused-ring (bicyclic) bond motifs is 3. The van der Waals surface area contributed by atoms with Crippen molar-refractivity contribution in [2.24, 2.45) is 22.7 Å². The minimum atomic E-state index is -2.70.